The first-order chi connectivity index (χ1) is 6.96. The fraction of sp³-hybridized carbons (Fsp3) is 0.909. The van der Waals surface area contributed by atoms with Crippen LogP contribution in [0.4, 0.5) is 0 Å². The Kier molecular flexibility index (Phi) is 4.11. The largest absolute Gasteiger partial charge is 0.384 e. The van der Waals surface area contributed by atoms with Gasteiger partial charge in [0.05, 0.1) is 12.5 Å². The van der Waals surface area contributed by atoms with Crippen LogP contribution in [-0.2, 0) is 9.53 Å². The highest BCUT2D eigenvalue weighted by Crippen LogP contribution is 2.13. The molecule has 1 N–H and O–H groups in total. The van der Waals surface area contributed by atoms with Gasteiger partial charge in [-0.15, -0.1) is 0 Å². The van der Waals surface area contributed by atoms with Gasteiger partial charge in [0, 0.05) is 32.3 Å². The van der Waals surface area contributed by atoms with Crippen molar-refractivity contribution < 1.29 is 9.53 Å². The zero-order chi connectivity index (χ0) is 11.5. The number of methoxy groups -OCH3 is 1. The fourth-order valence-electron chi connectivity index (χ4n) is 1.96. The molecule has 1 amide bonds. The molecule has 1 saturated heterocycles. The van der Waals surface area contributed by atoms with Crippen LogP contribution >= 0.6 is 0 Å². The van der Waals surface area contributed by atoms with Gasteiger partial charge < -0.3 is 15.0 Å². The van der Waals surface area contributed by atoms with Gasteiger partial charge in [-0.3, -0.25) is 4.79 Å². The van der Waals surface area contributed by atoms with E-state index in [2.05, 4.69) is 19.2 Å². The van der Waals surface area contributed by atoms with Crippen molar-refractivity contribution in [3.8, 4) is 0 Å². The molecule has 0 aromatic heterocycles. The molecule has 15 heavy (non-hydrogen) atoms. The number of piperazine rings is 1. The van der Waals surface area contributed by atoms with Gasteiger partial charge in [-0.05, 0) is 13.8 Å². The zero-order valence-corrected chi connectivity index (χ0v) is 10.2. The maximum absolute atomic E-state index is 12.0. The molecule has 1 aliphatic heterocycles. The summed E-state index contributed by atoms with van der Waals surface area (Å²) >= 11 is 0. The lowest BCUT2D eigenvalue weighted by Gasteiger charge is -2.40. The Hall–Kier alpha value is -0.610. The summed E-state index contributed by atoms with van der Waals surface area (Å²) in [6.45, 7) is 9.11. The summed E-state index contributed by atoms with van der Waals surface area (Å²) in [6.07, 6.45) is 0. The van der Waals surface area contributed by atoms with Crippen LogP contribution in [0.15, 0.2) is 0 Å². The van der Waals surface area contributed by atoms with E-state index < -0.39 is 0 Å². The highest BCUT2D eigenvalue weighted by molar-refractivity contribution is 5.78. The van der Waals surface area contributed by atoms with Crippen LogP contribution in [-0.4, -0.2) is 49.7 Å². The average molecular weight is 214 g/mol. The van der Waals surface area contributed by atoms with Crippen molar-refractivity contribution in [1.29, 1.82) is 0 Å². The van der Waals surface area contributed by atoms with Crippen molar-refractivity contribution in [2.24, 2.45) is 5.92 Å². The predicted molar refractivity (Wildman–Crippen MR) is 59.7 cm³/mol. The standard InChI is InChI=1S/C11H22N2O2/c1-9(7-15-4)10(14)13-6-5-12-11(2,3)8-13/h9,12H,5-8H2,1-4H3. The molecular formula is C11H22N2O2. The molecule has 4 nitrogen and oxygen atoms in total. The molecule has 0 bridgehead atoms. The smallest absolute Gasteiger partial charge is 0.227 e. The topological polar surface area (TPSA) is 41.6 Å². The number of rotatable bonds is 3. The first-order valence-electron chi connectivity index (χ1n) is 5.49. The van der Waals surface area contributed by atoms with E-state index >= 15 is 0 Å². The van der Waals surface area contributed by atoms with E-state index in [9.17, 15) is 4.79 Å². The lowest BCUT2D eigenvalue weighted by atomic mass is 10.0. The van der Waals surface area contributed by atoms with Crippen LogP contribution in [0.3, 0.4) is 0 Å². The van der Waals surface area contributed by atoms with Crippen LogP contribution < -0.4 is 5.32 Å². The summed E-state index contributed by atoms with van der Waals surface area (Å²) in [6, 6.07) is 0. The molecule has 88 valence electrons. The van der Waals surface area contributed by atoms with E-state index in [0.717, 1.165) is 19.6 Å². The third-order valence-corrected chi connectivity index (χ3v) is 2.72. The molecule has 4 heteroatoms. The molecule has 0 aromatic rings. The Morgan fingerprint density at radius 2 is 2.27 bits per heavy atom. The first-order valence-corrected chi connectivity index (χ1v) is 5.49. The second kappa shape index (κ2) is 4.94. The van der Waals surface area contributed by atoms with E-state index in [4.69, 9.17) is 4.74 Å². The Morgan fingerprint density at radius 1 is 1.60 bits per heavy atom. The van der Waals surface area contributed by atoms with Gasteiger partial charge in [-0.1, -0.05) is 6.92 Å². The summed E-state index contributed by atoms with van der Waals surface area (Å²) in [5.41, 5.74) is 0.0285. The molecule has 0 aliphatic carbocycles. The van der Waals surface area contributed by atoms with E-state index in [1.807, 2.05) is 11.8 Å². The lowest BCUT2D eigenvalue weighted by Crippen LogP contribution is -2.59. The van der Waals surface area contributed by atoms with Crippen LogP contribution in [0.25, 0.3) is 0 Å². The lowest BCUT2D eigenvalue weighted by molar-refractivity contribution is -0.138. The normalized spacial score (nSPS) is 22.5. The molecule has 1 fully saturated rings. The minimum atomic E-state index is -0.0381. The second-order valence-electron chi connectivity index (χ2n) is 4.93. The summed E-state index contributed by atoms with van der Waals surface area (Å²) in [7, 11) is 1.63. The van der Waals surface area contributed by atoms with Crippen molar-refractivity contribution in [2.75, 3.05) is 33.4 Å². The molecule has 0 saturated carbocycles. The number of ether oxygens (including phenoxy) is 1. The van der Waals surface area contributed by atoms with Crippen LogP contribution in [0.5, 0.6) is 0 Å². The zero-order valence-electron chi connectivity index (χ0n) is 10.2. The SMILES string of the molecule is COCC(C)C(=O)N1CCNC(C)(C)C1. The molecule has 1 heterocycles. The first kappa shape index (κ1) is 12.5. The minimum absolute atomic E-state index is 0.0285. The molecule has 0 spiro atoms. The maximum Gasteiger partial charge on any atom is 0.227 e. The third-order valence-electron chi connectivity index (χ3n) is 2.72. The Bertz CT molecular complexity index is 229. The monoisotopic (exact) mass is 214 g/mol. The Labute approximate surface area is 92.0 Å². The molecule has 0 aromatic carbocycles. The summed E-state index contributed by atoms with van der Waals surface area (Å²) < 4.78 is 5.00. The van der Waals surface area contributed by atoms with E-state index in [-0.39, 0.29) is 17.4 Å². The highest BCUT2D eigenvalue weighted by Gasteiger charge is 2.30. The summed E-state index contributed by atoms with van der Waals surface area (Å²) in [5, 5.41) is 3.39. The number of carbonyl (C=O) groups excluding carboxylic acids is 1. The quantitative estimate of drug-likeness (QED) is 0.743. The van der Waals surface area contributed by atoms with E-state index in [0.29, 0.717) is 6.61 Å². The van der Waals surface area contributed by atoms with Gasteiger partial charge in [-0.2, -0.15) is 0 Å². The van der Waals surface area contributed by atoms with Gasteiger partial charge in [0.25, 0.3) is 0 Å². The molecule has 0 radical (unpaired) electrons. The van der Waals surface area contributed by atoms with Crippen LogP contribution in [0.1, 0.15) is 20.8 Å². The molecule has 1 aliphatic rings. The van der Waals surface area contributed by atoms with Gasteiger partial charge in [0.1, 0.15) is 0 Å². The molecule has 1 atom stereocenters. The van der Waals surface area contributed by atoms with Crippen molar-refractivity contribution in [3.63, 3.8) is 0 Å². The van der Waals surface area contributed by atoms with Crippen LogP contribution in [0, 0.1) is 5.92 Å². The highest BCUT2D eigenvalue weighted by atomic mass is 16.5. The van der Waals surface area contributed by atoms with E-state index in [1.54, 1.807) is 7.11 Å². The Morgan fingerprint density at radius 3 is 2.80 bits per heavy atom. The number of carbonyl (C=O) groups is 1. The van der Waals surface area contributed by atoms with Crippen molar-refractivity contribution >= 4 is 5.91 Å². The maximum atomic E-state index is 12.0. The van der Waals surface area contributed by atoms with Gasteiger partial charge in [0.2, 0.25) is 5.91 Å². The van der Waals surface area contributed by atoms with Crippen molar-refractivity contribution in [1.82, 2.24) is 10.2 Å². The van der Waals surface area contributed by atoms with Crippen LogP contribution in [0.2, 0.25) is 0 Å². The fourth-order valence-corrected chi connectivity index (χ4v) is 1.96. The minimum Gasteiger partial charge on any atom is -0.384 e. The average Bonchev–Trinajstić information content (AvgIpc) is 2.15. The summed E-state index contributed by atoms with van der Waals surface area (Å²) in [5.74, 6) is 0.162. The number of amides is 1. The predicted octanol–water partition coefficient (Wildman–Crippen LogP) is 0.479. The number of nitrogens with one attached hydrogen (secondary N) is 1. The number of hydrogen-bond acceptors (Lipinski definition) is 3. The molecule has 1 rings (SSSR count). The molecular weight excluding hydrogens is 192 g/mol. The van der Waals surface area contributed by atoms with Gasteiger partial charge in [0.15, 0.2) is 0 Å². The summed E-state index contributed by atoms with van der Waals surface area (Å²) in [4.78, 5) is 13.9. The van der Waals surface area contributed by atoms with Crippen molar-refractivity contribution in [2.45, 2.75) is 26.3 Å². The van der Waals surface area contributed by atoms with E-state index in [1.165, 1.54) is 0 Å². The number of nitrogens with zero attached hydrogens (tertiary/aromatic N) is 1. The third kappa shape index (κ3) is 3.47. The second-order valence-corrected chi connectivity index (χ2v) is 4.93. The van der Waals surface area contributed by atoms with Gasteiger partial charge >= 0.3 is 0 Å². The Balaban J connectivity index is 2.52. The molecule has 1 unspecified atom stereocenters. The van der Waals surface area contributed by atoms with Crippen molar-refractivity contribution in [3.05, 3.63) is 0 Å². The number of hydrogen-bond donors (Lipinski definition) is 1. The van der Waals surface area contributed by atoms with Gasteiger partial charge in [-0.25, -0.2) is 0 Å².